The van der Waals surface area contributed by atoms with Gasteiger partial charge in [-0.1, -0.05) is 19.9 Å². The van der Waals surface area contributed by atoms with Crippen LogP contribution in [0.2, 0.25) is 0 Å². The van der Waals surface area contributed by atoms with Gasteiger partial charge in [-0.05, 0) is 36.1 Å². The second-order valence-corrected chi connectivity index (χ2v) is 3.08. The zero-order valence-corrected chi connectivity index (χ0v) is 8.53. The highest BCUT2D eigenvalue weighted by molar-refractivity contribution is 6.33. The van der Waals surface area contributed by atoms with Gasteiger partial charge in [0.2, 0.25) is 0 Å². The summed E-state index contributed by atoms with van der Waals surface area (Å²) in [5, 5.41) is 17.3. The standard InChI is InChI=1S/C10H15BO3/c1-3-8-5-6-10(14-11(12)13)7-9(8)4-2/h5-7,12-13H,3-4H2,1-2H3. The topological polar surface area (TPSA) is 49.7 Å². The Bertz CT molecular complexity index is 299. The van der Waals surface area contributed by atoms with Crippen LogP contribution in [0.1, 0.15) is 25.0 Å². The highest BCUT2D eigenvalue weighted by Crippen LogP contribution is 2.19. The van der Waals surface area contributed by atoms with Gasteiger partial charge in [-0.2, -0.15) is 0 Å². The summed E-state index contributed by atoms with van der Waals surface area (Å²) in [6.45, 7) is 4.16. The van der Waals surface area contributed by atoms with Crippen molar-refractivity contribution in [3.63, 3.8) is 0 Å². The fourth-order valence-electron chi connectivity index (χ4n) is 1.47. The molecule has 1 aromatic carbocycles. The van der Waals surface area contributed by atoms with Crippen molar-refractivity contribution in [2.45, 2.75) is 26.7 Å². The lowest BCUT2D eigenvalue weighted by molar-refractivity contribution is 0.288. The Balaban J connectivity index is 2.89. The molecule has 0 spiro atoms. The van der Waals surface area contributed by atoms with Crippen LogP contribution in [0.15, 0.2) is 18.2 Å². The van der Waals surface area contributed by atoms with Crippen LogP contribution in [0.3, 0.4) is 0 Å². The van der Waals surface area contributed by atoms with Crippen molar-refractivity contribution < 1.29 is 14.7 Å². The Morgan fingerprint density at radius 1 is 1.14 bits per heavy atom. The van der Waals surface area contributed by atoms with Gasteiger partial charge in [-0.25, -0.2) is 0 Å². The second kappa shape index (κ2) is 5.03. The highest BCUT2D eigenvalue weighted by atomic mass is 16.6. The molecule has 76 valence electrons. The minimum absolute atomic E-state index is 0.494. The average Bonchev–Trinajstić information content (AvgIpc) is 2.16. The highest BCUT2D eigenvalue weighted by Gasteiger charge is 2.11. The number of hydrogen-bond acceptors (Lipinski definition) is 3. The van der Waals surface area contributed by atoms with Gasteiger partial charge in [0.1, 0.15) is 5.75 Å². The van der Waals surface area contributed by atoms with Crippen molar-refractivity contribution in [1.29, 1.82) is 0 Å². The van der Waals surface area contributed by atoms with Gasteiger partial charge < -0.3 is 14.7 Å². The molecule has 0 aliphatic rings. The van der Waals surface area contributed by atoms with Crippen molar-refractivity contribution in [3.05, 3.63) is 29.3 Å². The molecule has 0 amide bonds. The molecule has 0 heterocycles. The molecule has 14 heavy (non-hydrogen) atoms. The second-order valence-electron chi connectivity index (χ2n) is 3.08. The van der Waals surface area contributed by atoms with Crippen LogP contribution < -0.4 is 4.65 Å². The summed E-state index contributed by atoms with van der Waals surface area (Å²) in [6.07, 6.45) is 1.90. The Labute approximate surface area is 84.5 Å². The van der Waals surface area contributed by atoms with E-state index in [4.69, 9.17) is 14.7 Å². The Morgan fingerprint density at radius 2 is 1.79 bits per heavy atom. The van der Waals surface area contributed by atoms with Crippen molar-refractivity contribution in [2.24, 2.45) is 0 Å². The quantitative estimate of drug-likeness (QED) is 0.707. The van der Waals surface area contributed by atoms with E-state index in [0.717, 1.165) is 12.8 Å². The Hall–Kier alpha value is -0.995. The molecule has 0 aliphatic heterocycles. The van der Waals surface area contributed by atoms with Crippen LogP contribution >= 0.6 is 0 Å². The molecule has 3 nitrogen and oxygen atoms in total. The molecule has 1 aromatic rings. The van der Waals surface area contributed by atoms with Crippen LogP contribution in [0.4, 0.5) is 0 Å². The zero-order valence-electron chi connectivity index (χ0n) is 8.53. The molecule has 0 atom stereocenters. The number of benzene rings is 1. The van der Waals surface area contributed by atoms with Crippen LogP contribution in [0.25, 0.3) is 0 Å². The number of rotatable bonds is 4. The minimum atomic E-state index is -1.74. The zero-order chi connectivity index (χ0) is 10.6. The van der Waals surface area contributed by atoms with E-state index in [0.29, 0.717) is 5.75 Å². The SMILES string of the molecule is CCc1ccc(OB(O)O)cc1CC. The Kier molecular flexibility index (Phi) is 3.98. The summed E-state index contributed by atoms with van der Waals surface area (Å²) in [7, 11) is -1.74. The first kappa shape index (κ1) is 11.1. The maximum Gasteiger partial charge on any atom is 0.707 e. The van der Waals surface area contributed by atoms with E-state index in [1.165, 1.54) is 11.1 Å². The maximum atomic E-state index is 8.63. The number of aryl methyl sites for hydroxylation is 2. The molecule has 2 N–H and O–H groups in total. The molecule has 0 aliphatic carbocycles. The van der Waals surface area contributed by atoms with E-state index in [9.17, 15) is 0 Å². The minimum Gasteiger partial charge on any atom is -0.512 e. The van der Waals surface area contributed by atoms with Crippen molar-refractivity contribution in [3.8, 4) is 5.75 Å². The van der Waals surface area contributed by atoms with Crippen LogP contribution in [0, 0.1) is 0 Å². The maximum absolute atomic E-state index is 8.63. The predicted molar refractivity (Wildman–Crippen MR) is 56.0 cm³/mol. The van der Waals surface area contributed by atoms with Gasteiger partial charge in [0, 0.05) is 0 Å². The largest absolute Gasteiger partial charge is 0.707 e. The molecule has 0 radical (unpaired) electrons. The van der Waals surface area contributed by atoms with E-state index in [-0.39, 0.29) is 0 Å². The summed E-state index contributed by atoms with van der Waals surface area (Å²) in [5.74, 6) is 0.494. The Morgan fingerprint density at radius 3 is 2.29 bits per heavy atom. The van der Waals surface area contributed by atoms with E-state index < -0.39 is 7.32 Å². The van der Waals surface area contributed by atoms with Gasteiger partial charge in [0.15, 0.2) is 0 Å². The predicted octanol–water partition coefficient (Wildman–Crippen LogP) is 1.16. The number of hydrogen-bond donors (Lipinski definition) is 2. The summed E-state index contributed by atoms with van der Waals surface area (Å²) in [5.41, 5.74) is 2.46. The molecule has 4 heteroatoms. The molecular weight excluding hydrogens is 179 g/mol. The van der Waals surface area contributed by atoms with Crippen molar-refractivity contribution in [2.75, 3.05) is 0 Å². The monoisotopic (exact) mass is 194 g/mol. The van der Waals surface area contributed by atoms with Crippen LogP contribution in [-0.2, 0) is 12.8 Å². The van der Waals surface area contributed by atoms with E-state index in [1.54, 1.807) is 6.07 Å². The van der Waals surface area contributed by atoms with E-state index in [1.807, 2.05) is 12.1 Å². The van der Waals surface area contributed by atoms with Gasteiger partial charge in [-0.3, -0.25) is 0 Å². The lowest BCUT2D eigenvalue weighted by Gasteiger charge is -2.09. The van der Waals surface area contributed by atoms with Crippen molar-refractivity contribution in [1.82, 2.24) is 0 Å². The smallest absolute Gasteiger partial charge is 0.512 e. The average molecular weight is 194 g/mol. The molecule has 0 saturated heterocycles. The fourth-order valence-corrected chi connectivity index (χ4v) is 1.47. The van der Waals surface area contributed by atoms with Crippen molar-refractivity contribution >= 4 is 7.32 Å². The molecule has 0 bridgehead atoms. The summed E-state index contributed by atoms with van der Waals surface area (Å²) >= 11 is 0. The molecule has 0 saturated carbocycles. The van der Waals surface area contributed by atoms with Crippen LogP contribution in [0.5, 0.6) is 5.75 Å². The lowest BCUT2D eigenvalue weighted by atomic mass is 10.0. The summed E-state index contributed by atoms with van der Waals surface area (Å²) < 4.78 is 4.77. The molecule has 1 rings (SSSR count). The third-order valence-electron chi connectivity index (χ3n) is 2.18. The van der Waals surface area contributed by atoms with Gasteiger partial charge >= 0.3 is 7.32 Å². The van der Waals surface area contributed by atoms with Gasteiger partial charge in [0.25, 0.3) is 0 Å². The summed E-state index contributed by atoms with van der Waals surface area (Å²) in [4.78, 5) is 0. The van der Waals surface area contributed by atoms with E-state index >= 15 is 0 Å². The molecule has 0 fully saturated rings. The van der Waals surface area contributed by atoms with E-state index in [2.05, 4.69) is 13.8 Å². The first-order chi connectivity index (χ1) is 6.67. The molecule has 0 unspecified atom stereocenters. The van der Waals surface area contributed by atoms with Gasteiger partial charge in [0.05, 0.1) is 0 Å². The van der Waals surface area contributed by atoms with Gasteiger partial charge in [-0.15, -0.1) is 0 Å². The normalized spacial score (nSPS) is 10.0. The van der Waals surface area contributed by atoms with Crippen LogP contribution in [-0.4, -0.2) is 17.4 Å². The lowest BCUT2D eigenvalue weighted by Crippen LogP contribution is -2.20. The third-order valence-corrected chi connectivity index (χ3v) is 2.18. The summed E-state index contributed by atoms with van der Waals surface area (Å²) in [6, 6.07) is 5.55. The molecule has 0 aromatic heterocycles. The third kappa shape index (κ3) is 2.75. The fraction of sp³-hybridized carbons (Fsp3) is 0.400. The molecular formula is C10H15BO3. The first-order valence-corrected chi connectivity index (χ1v) is 4.82. The first-order valence-electron chi connectivity index (χ1n) is 4.82.